The maximum absolute atomic E-state index is 5.44. The molecule has 3 rings (SSSR count). The normalized spacial score (nSPS) is 20.4. The molecule has 1 N–H and O–H groups in total. The van der Waals surface area contributed by atoms with E-state index in [1.165, 1.54) is 17.7 Å². The minimum Gasteiger partial charge on any atom is -0.337 e. The van der Waals surface area contributed by atoms with E-state index in [0.717, 1.165) is 17.9 Å². The largest absolute Gasteiger partial charge is 0.337 e. The summed E-state index contributed by atoms with van der Waals surface area (Å²) in [7, 11) is 2.17. The van der Waals surface area contributed by atoms with Gasteiger partial charge in [0, 0.05) is 12.7 Å². The van der Waals surface area contributed by atoms with Crippen molar-refractivity contribution in [2.45, 2.75) is 12.5 Å². The maximum atomic E-state index is 5.44. The van der Waals surface area contributed by atoms with E-state index in [2.05, 4.69) is 45.8 Å². The Kier molecular flexibility index (Phi) is 3.06. The Morgan fingerprint density at radius 2 is 2.06 bits per heavy atom. The lowest BCUT2D eigenvalue weighted by Gasteiger charge is -2.16. The van der Waals surface area contributed by atoms with Gasteiger partial charge in [0.25, 0.3) is 0 Å². The van der Waals surface area contributed by atoms with Gasteiger partial charge in [-0.15, -0.1) is 0 Å². The third-order valence-electron chi connectivity index (χ3n) is 3.61. The molecule has 0 aliphatic carbocycles. The summed E-state index contributed by atoms with van der Waals surface area (Å²) in [5.74, 6) is 0. The second-order valence-electron chi connectivity index (χ2n) is 4.92. The Labute approximate surface area is 112 Å². The van der Waals surface area contributed by atoms with E-state index in [0.29, 0.717) is 6.04 Å². The minimum absolute atomic E-state index is 0.490. The molecule has 0 saturated carbocycles. The molecule has 1 saturated heterocycles. The fourth-order valence-corrected chi connectivity index (χ4v) is 3.00. The SMILES string of the molecule is CN1CCC(n2c(-c3ccccc3)c[nH]c2=S)C1. The van der Waals surface area contributed by atoms with Gasteiger partial charge in [-0.05, 0) is 37.8 Å². The van der Waals surface area contributed by atoms with Gasteiger partial charge >= 0.3 is 0 Å². The van der Waals surface area contributed by atoms with E-state index in [4.69, 9.17) is 12.2 Å². The number of likely N-dealkylation sites (tertiary alicyclic amines) is 1. The first-order chi connectivity index (χ1) is 8.75. The van der Waals surface area contributed by atoms with E-state index in [9.17, 15) is 0 Å². The van der Waals surface area contributed by atoms with Crippen LogP contribution in [-0.2, 0) is 0 Å². The van der Waals surface area contributed by atoms with Gasteiger partial charge in [0.2, 0.25) is 0 Å². The molecule has 3 nitrogen and oxygen atoms in total. The lowest BCUT2D eigenvalue weighted by Crippen LogP contribution is -2.17. The highest BCUT2D eigenvalue weighted by Crippen LogP contribution is 2.28. The van der Waals surface area contributed by atoms with Gasteiger partial charge in [-0.1, -0.05) is 30.3 Å². The molecule has 1 aromatic heterocycles. The number of nitrogens with zero attached hydrogens (tertiary/aromatic N) is 2. The van der Waals surface area contributed by atoms with Crippen LogP contribution in [0.4, 0.5) is 0 Å². The molecule has 1 unspecified atom stereocenters. The van der Waals surface area contributed by atoms with Gasteiger partial charge < -0.3 is 14.5 Å². The first kappa shape index (κ1) is 11.7. The van der Waals surface area contributed by atoms with E-state index in [1.54, 1.807) is 0 Å². The van der Waals surface area contributed by atoms with Crippen molar-refractivity contribution < 1.29 is 0 Å². The molecule has 2 heterocycles. The minimum atomic E-state index is 0.490. The fourth-order valence-electron chi connectivity index (χ4n) is 2.69. The molecule has 0 amide bonds. The van der Waals surface area contributed by atoms with Crippen LogP contribution in [-0.4, -0.2) is 34.6 Å². The van der Waals surface area contributed by atoms with Gasteiger partial charge in [0.05, 0.1) is 11.7 Å². The Morgan fingerprint density at radius 3 is 2.72 bits per heavy atom. The summed E-state index contributed by atoms with van der Waals surface area (Å²) >= 11 is 5.44. The van der Waals surface area contributed by atoms with Gasteiger partial charge in [-0.3, -0.25) is 0 Å². The van der Waals surface area contributed by atoms with Crippen LogP contribution >= 0.6 is 12.2 Å². The molecule has 0 bridgehead atoms. The third kappa shape index (κ3) is 2.02. The van der Waals surface area contributed by atoms with Crippen molar-refractivity contribution in [2.24, 2.45) is 0 Å². The molecule has 0 spiro atoms. The number of benzene rings is 1. The van der Waals surface area contributed by atoms with Crippen molar-refractivity contribution in [1.82, 2.24) is 14.5 Å². The number of imidazole rings is 1. The molecular weight excluding hydrogens is 242 g/mol. The molecule has 18 heavy (non-hydrogen) atoms. The molecule has 4 heteroatoms. The van der Waals surface area contributed by atoms with Crippen LogP contribution in [0.15, 0.2) is 36.5 Å². The monoisotopic (exact) mass is 259 g/mol. The molecule has 1 aliphatic rings. The Hall–Kier alpha value is -1.39. The van der Waals surface area contributed by atoms with Gasteiger partial charge in [0.15, 0.2) is 4.77 Å². The third-order valence-corrected chi connectivity index (χ3v) is 3.93. The molecule has 1 aliphatic heterocycles. The lowest BCUT2D eigenvalue weighted by atomic mass is 10.1. The zero-order valence-corrected chi connectivity index (χ0v) is 11.3. The molecule has 1 aromatic carbocycles. The van der Waals surface area contributed by atoms with Gasteiger partial charge in [0.1, 0.15) is 0 Å². The number of aromatic amines is 1. The second-order valence-corrected chi connectivity index (χ2v) is 5.31. The maximum Gasteiger partial charge on any atom is 0.177 e. The van der Waals surface area contributed by atoms with Crippen molar-refractivity contribution in [2.75, 3.05) is 20.1 Å². The smallest absolute Gasteiger partial charge is 0.177 e. The van der Waals surface area contributed by atoms with Crippen LogP contribution in [0.5, 0.6) is 0 Å². The van der Waals surface area contributed by atoms with Crippen LogP contribution < -0.4 is 0 Å². The topological polar surface area (TPSA) is 24.0 Å². The van der Waals surface area contributed by atoms with Gasteiger partial charge in [-0.2, -0.15) is 0 Å². The van der Waals surface area contributed by atoms with Crippen LogP contribution in [0.2, 0.25) is 0 Å². The van der Waals surface area contributed by atoms with Crippen molar-refractivity contribution in [3.63, 3.8) is 0 Å². The first-order valence-corrected chi connectivity index (χ1v) is 6.70. The summed E-state index contributed by atoms with van der Waals surface area (Å²) in [4.78, 5) is 5.54. The summed E-state index contributed by atoms with van der Waals surface area (Å²) in [5, 5.41) is 0. The van der Waals surface area contributed by atoms with Crippen molar-refractivity contribution >= 4 is 12.2 Å². The van der Waals surface area contributed by atoms with E-state index in [1.807, 2.05) is 12.3 Å². The van der Waals surface area contributed by atoms with Crippen LogP contribution in [0.3, 0.4) is 0 Å². The van der Waals surface area contributed by atoms with Crippen molar-refractivity contribution in [3.05, 3.63) is 41.3 Å². The fraction of sp³-hybridized carbons (Fsp3) is 0.357. The molecule has 2 aromatic rings. The molecular formula is C14H17N3S. The highest BCUT2D eigenvalue weighted by Gasteiger charge is 2.23. The van der Waals surface area contributed by atoms with Gasteiger partial charge in [-0.25, -0.2) is 0 Å². The number of H-pyrrole nitrogens is 1. The molecule has 0 radical (unpaired) electrons. The number of aromatic nitrogens is 2. The summed E-state index contributed by atoms with van der Waals surface area (Å²) < 4.78 is 3.10. The lowest BCUT2D eigenvalue weighted by molar-refractivity contribution is 0.392. The quantitative estimate of drug-likeness (QED) is 0.838. The summed E-state index contributed by atoms with van der Waals surface area (Å²) in [6.07, 6.45) is 3.19. The van der Waals surface area contributed by atoms with Crippen LogP contribution in [0, 0.1) is 4.77 Å². The Morgan fingerprint density at radius 1 is 1.28 bits per heavy atom. The van der Waals surface area contributed by atoms with Crippen LogP contribution in [0.25, 0.3) is 11.3 Å². The number of hydrogen-bond donors (Lipinski definition) is 1. The van der Waals surface area contributed by atoms with E-state index >= 15 is 0 Å². The first-order valence-electron chi connectivity index (χ1n) is 6.29. The Bertz CT molecular complexity index is 585. The zero-order valence-electron chi connectivity index (χ0n) is 10.5. The summed E-state index contributed by atoms with van der Waals surface area (Å²) in [6.45, 7) is 2.22. The number of likely N-dealkylation sites (N-methyl/N-ethyl adjacent to an activating group) is 1. The Balaban J connectivity index is 2.05. The van der Waals surface area contributed by atoms with E-state index < -0.39 is 0 Å². The predicted molar refractivity (Wildman–Crippen MR) is 76.2 cm³/mol. The average molecular weight is 259 g/mol. The molecule has 1 atom stereocenters. The number of hydrogen-bond acceptors (Lipinski definition) is 2. The highest BCUT2D eigenvalue weighted by molar-refractivity contribution is 7.71. The van der Waals surface area contributed by atoms with Crippen molar-refractivity contribution in [1.29, 1.82) is 0 Å². The van der Waals surface area contributed by atoms with Crippen molar-refractivity contribution in [3.8, 4) is 11.3 Å². The molecule has 1 fully saturated rings. The second kappa shape index (κ2) is 4.71. The summed E-state index contributed by atoms with van der Waals surface area (Å²) in [5.41, 5.74) is 2.42. The average Bonchev–Trinajstić information content (AvgIpc) is 2.96. The zero-order chi connectivity index (χ0) is 12.5. The summed E-state index contributed by atoms with van der Waals surface area (Å²) in [6, 6.07) is 10.9. The van der Waals surface area contributed by atoms with Crippen LogP contribution in [0.1, 0.15) is 12.5 Å². The highest BCUT2D eigenvalue weighted by atomic mass is 32.1. The number of rotatable bonds is 2. The standard InChI is InChI=1S/C14H17N3S/c1-16-8-7-12(10-16)17-13(9-15-14(17)18)11-5-3-2-4-6-11/h2-6,9,12H,7-8,10H2,1H3,(H,15,18). The molecule has 94 valence electrons. The number of nitrogens with one attached hydrogen (secondary N) is 1. The van der Waals surface area contributed by atoms with E-state index in [-0.39, 0.29) is 0 Å². The predicted octanol–water partition coefficient (Wildman–Crippen LogP) is 3.09.